The molecule has 0 unspecified atom stereocenters. The normalized spacial score (nSPS) is 18.7. The minimum Gasteiger partial charge on any atom is -0.338 e. The number of amides is 1. The molecule has 1 aromatic heterocycles. The Labute approximate surface area is 157 Å². The number of thioether (sulfide) groups is 1. The van der Waals surface area contributed by atoms with Crippen LogP contribution >= 0.6 is 11.8 Å². The lowest BCUT2D eigenvalue weighted by atomic mass is 10.2. The Bertz CT molecular complexity index is 852. The number of nitrogens with one attached hydrogen (secondary N) is 1. The first-order valence-electron chi connectivity index (χ1n) is 8.59. The van der Waals surface area contributed by atoms with E-state index in [1.807, 2.05) is 37.3 Å². The summed E-state index contributed by atoms with van der Waals surface area (Å²) < 4.78 is 23.4. The van der Waals surface area contributed by atoms with Crippen LogP contribution in [0.4, 0.5) is 0 Å². The van der Waals surface area contributed by atoms with Gasteiger partial charge >= 0.3 is 0 Å². The molecule has 1 aliphatic heterocycles. The van der Waals surface area contributed by atoms with Crippen molar-refractivity contribution in [3.05, 3.63) is 30.3 Å². The molecule has 1 aliphatic rings. The van der Waals surface area contributed by atoms with Crippen LogP contribution in [0.25, 0.3) is 11.4 Å². The zero-order valence-corrected chi connectivity index (χ0v) is 16.2. The van der Waals surface area contributed by atoms with E-state index in [-0.39, 0.29) is 29.2 Å². The van der Waals surface area contributed by atoms with Gasteiger partial charge in [0.25, 0.3) is 0 Å². The molecule has 7 nitrogen and oxygen atoms in total. The zero-order valence-electron chi connectivity index (χ0n) is 14.6. The molecule has 3 rings (SSSR count). The van der Waals surface area contributed by atoms with Gasteiger partial charge in [-0.1, -0.05) is 49.0 Å². The van der Waals surface area contributed by atoms with Gasteiger partial charge in [0, 0.05) is 18.2 Å². The summed E-state index contributed by atoms with van der Waals surface area (Å²) in [5.74, 6) is 1.03. The van der Waals surface area contributed by atoms with Crippen molar-refractivity contribution in [2.75, 3.05) is 23.8 Å². The molecule has 9 heteroatoms. The van der Waals surface area contributed by atoms with E-state index >= 15 is 0 Å². The monoisotopic (exact) mass is 394 g/mol. The van der Waals surface area contributed by atoms with Crippen LogP contribution in [-0.4, -0.2) is 64.3 Å². The van der Waals surface area contributed by atoms with Crippen LogP contribution in [0.2, 0.25) is 0 Å². The van der Waals surface area contributed by atoms with E-state index in [0.29, 0.717) is 23.9 Å². The Kier molecular flexibility index (Phi) is 5.98. The molecule has 1 saturated heterocycles. The summed E-state index contributed by atoms with van der Waals surface area (Å²) in [6.07, 6.45) is 1.32. The Morgan fingerprint density at radius 2 is 2.12 bits per heavy atom. The molecule has 1 fully saturated rings. The number of rotatable bonds is 7. The summed E-state index contributed by atoms with van der Waals surface area (Å²) in [4.78, 5) is 18.7. The molecule has 1 N–H and O–H groups in total. The number of carbonyl (C=O) groups excluding carboxylic acids is 1. The average molecular weight is 395 g/mol. The van der Waals surface area contributed by atoms with Gasteiger partial charge in [-0.15, -0.1) is 5.10 Å². The minimum absolute atomic E-state index is 0.0648. The van der Waals surface area contributed by atoms with Gasteiger partial charge in [0.2, 0.25) is 11.1 Å². The standard InChI is InChI=1S/C17H22N4O3S2/c1-2-9-21(14-8-10-26(23,24)12-14)15(22)11-25-17-18-16(19-20-17)13-6-4-3-5-7-13/h3-7,14H,2,8-12H2,1H3,(H,18,19,20)/t14-/m0/s1. The molecule has 1 aromatic carbocycles. The molecule has 0 spiro atoms. The van der Waals surface area contributed by atoms with E-state index in [1.54, 1.807) is 4.90 Å². The molecule has 1 amide bonds. The molecular weight excluding hydrogens is 372 g/mol. The average Bonchev–Trinajstić information content (AvgIpc) is 3.24. The third kappa shape index (κ3) is 4.64. The largest absolute Gasteiger partial charge is 0.338 e. The number of sulfone groups is 1. The van der Waals surface area contributed by atoms with Crippen molar-refractivity contribution in [3.63, 3.8) is 0 Å². The molecule has 1 atom stereocenters. The highest BCUT2D eigenvalue weighted by Gasteiger charge is 2.34. The number of hydrogen-bond acceptors (Lipinski definition) is 6. The van der Waals surface area contributed by atoms with E-state index in [4.69, 9.17) is 0 Å². The summed E-state index contributed by atoms with van der Waals surface area (Å²) in [6.45, 7) is 2.56. The number of H-pyrrole nitrogens is 1. The number of hydrogen-bond donors (Lipinski definition) is 1. The predicted molar refractivity (Wildman–Crippen MR) is 102 cm³/mol. The molecule has 0 radical (unpaired) electrons. The lowest BCUT2D eigenvalue weighted by Crippen LogP contribution is -2.42. The Morgan fingerprint density at radius 3 is 2.77 bits per heavy atom. The van der Waals surface area contributed by atoms with Crippen molar-refractivity contribution in [2.24, 2.45) is 0 Å². The van der Waals surface area contributed by atoms with Crippen molar-refractivity contribution in [2.45, 2.75) is 31.0 Å². The number of nitrogens with zero attached hydrogens (tertiary/aromatic N) is 3. The van der Waals surface area contributed by atoms with E-state index in [9.17, 15) is 13.2 Å². The van der Waals surface area contributed by atoms with Gasteiger partial charge in [-0.2, -0.15) is 0 Å². The zero-order chi connectivity index (χ0) is 18.6. The van der Waals surface area contributed by atoms with Crippen molar-refractivity contribution in [3.8, 4) is 11.4 Å². The van der Waals surface area contributed by atoms with Crippen LogP contribution < -0.4 is 0 Å². The minimum atomic E-state index is -3.02. The van der Waals surface area contributed by atoms with Gasteiger partial charge in [0.1, 0.15) is 0 Å². The van der Waals surface area contributed by atoms with Crippen molar-refractivity contribution in [1.82, 2.24) is 20.1 Å². The third-order valence-corrected chi connectivity index (χ3v) is 6.85. The Hall–Kier alpha value is -1.87. The molecule has 140 valence electrons. The van der Waals surface area contributed by atoms with E-state index in [2.05, 4.69) is 15.2 Å². The van der Waals surface area contributed by atoms with Crippen molar-refractivity contribution >= 4 is 27.5 Å². The Balaban J connectivity index is 1.61. The van der Waals surface area contributed by atoms with Gasteiger partial charge in [-0.05, 0) is 12.8 Å². The second-order valence-electron chi connectivity index (χ2n) is 6.27. The molecular formula is C17H22N4O3S2. The van der Waals surface area contributed by atoms with Gasteiger partial charge in [0.15, 0.2) is 15.7 Å². The second kappa shape index (κ2) is 8.22. The fourth-order valence-electron chi connectivity index (χ4n) is 3.02. The first kappa shape index (κ1) is 18.9. The van der Waals surface area contributed by atoms with Gasteiger partial charge < -0.3 is 4.90 Å². The molecule has 26 heavy (non-hydrogen) atoms. The number of aromatic amines is 1. The lowest BCUT2D eigenvalue weighted by molar-refractivity contribution is -0.130. The van der Waals surface area contributed by atoms with Gasteiger partial charge in [-0.3, -0.25) is 9.89 Å². The molecule has 0 saturated carbocycles. The summed E-state index contributed by atoms with van der Waals surface area (Å²) in [5, 5.41) is 7.54. The number of aromatic nitrogens is 3. The van der Waals surface area contributed by atoms with Crippen molar-refractivity contribution in [1.29, 1.82) is 0 Å². The number of carbonyl (C=O) groups is 1. The number of benzene rings is 1. The van der Waals surface area contributed by atoms with E-state index < -0.39 is 9.84 Å². The summed E-state index contributed by atoms with van der Waals surface area (Å²) in [6, 6.07) is 9.44. The first-order chi connectivity index (χ1) is 12.5. The topological polar surface area (TPSA) is 96.0 Å². The maximum atomic E-state index is 12.6. The quantitative estimate of drug-likeness (QED) is 0.722. The van der Waals surface area contributed by atoms with Crippen LogP contribution in [0.1, 0.15) is 19.8 Å². The molecule has 2 aromatic rings. The second-order valence-corrected chi connectivity index (χ2v) is 9.44. The summed E-state index contributed by atoms with van der Waals surface area (Å²) in [7, 11) is -3.02. The highest BCUT2D eigenvalue weighted by molar-refractivity contribution is 7.99. The predicted octanol–water partition coefficient (Wildman–Crippen LogP) is 1.99. The summed E-state index contributed by atoms with van der Waals surface area (Å²) in [5.41, 5.74) is 0.932. The van der Waals surface area contributed by atoms with Crippen LogP contribution in [0.5, 0.6) is 0 Å². The SMILES string of the molecule is CCCN(C(=O)CSc1n[nH]c(-c2ccccc2)n1)[C@H]1CCS(=O)(=O)C1. The highest BCUT2D eigenvalue weighted by Crippen LogP contribution is 2.22. The first-order valence-corrected chi connectivity index (χ1v) is 11.4. The molecule has 0 bridgehead atoms. The van der Waals surface area contributed by atoms with Crippen LogP contribution in [0.15, 0.2) is 35.5 Å². The molecule has 2 heterocycles. The third-order valence-electron chi connectivity index (χ3n) is 4.27. The smallest absolute Gasteiger partial charge is 0.233 e. The van der Waals surface area contributed by atoms with E-state index in [0.717, 1.165) is 12.0 Å². The van der Waals surface area contributed by atoms with E-state index in [1.165, 1.54) is 11.8 Å². The maximum Gasteiger partial charge on any atom is 0.233 e. The lowest BCUT2D eigenvalue weighted by Gasteiger charge is -2.27. The maximum absolute atomic E-state index is 12.6. The van der Waals surface area contributed by atoms with Gasteiger partial charge in [0.05, 0.1) is 17.3 Å². The van der Waals surface area contributed by atoms with Crippen LogP contribution in [0.3, 0.4) is 0 Å². The fourth-order valence-corrected chi connectivity index (χ4v) is 5.43. The molecule has 0 aliphatic carbocycles. The fraction of sp³-hybridized carbons (Fsp3) is 0.471. The van der Waals surface area contributed by atoms with Crippen molar-refractivity contribution < 1.29 is 13.2 Å². The van der Waals surface area contributed by atoms with Crippen LogP contribution in [0, 0.1) is 0 Å². The van der Waals surface area contributed by atoms with Crippen LogP contribution in [-0.2, 0) is 14.6 Å². The summed E-state index contributed by atoms with van der Waals surface area (Å²) >= 11 is 1.26. The Morgan fingerprint density at radius 1 is 1.35 bits per heavy atom. The highest BCUT2D eigenvalue weighted by atomic mass is 32.2. The van der Waals surface area contributed by atoms with Gasteiger partial charge in [-0.25, -0.2) is 13.4 Å².